The maximum atomic E-state index is 10.0. The molecular weight excluding hydrogens is 210 g/mol. The number of benzene rings is 1. The molecule has 1 aromatic rings. The van der Waals surface area contributed by atoms with E-state index in [4.69, 9.17) is 0 Å². The van der Waals surface area contributed by atoms with E-state index in [9.17, 15) is 5.11 Å². The number of likely N-dealkylation sites (tertiary alicyclic amines) is 1. The number of aliphatic hydroxyl groups excluding tert-OH is 1. The van der Waals surface area contributed by atoms with E-state index in [1.165, 1.54) is 24.9 Å². The van der Waals surface area contributed by atoms with Crippen molar-refractivity contribution in [2.24, 2.45) is 11.8 Å². The molecule has 2 heteroatoms. The summed E-state index contributed by atoms with van der Waals surface area (Å²) < 4.78 is 0. The Labute approximate surface area is 103 Å². The first kappa shape index (κ1) is 11.2. The van der Waals surface area contributed by atoms with Crippen LogP contribution in [-0.4, -0.2) is 29.2 Å². The average molecular weight is 231 g/mol. The number of rotatable bonds is 2. The summed E-state index contributed by atoms with van der Waals surface area (Å²) >= 11 is 0. The molecule has 1 aliphatic heterocycles. The summed E-state index contributed by atoms with van der Waals surface area (Å²) in [6.45, 7) is 3.30. The van der Waals surface area contributed by atoms with Crippen LogP contribution in [0.4, 0.5) is 0 Å². The number of fused-ring (bicyclic) bond motifs is 1. The fraction of sp³-hybridized carbons (Fsp3) is 0.600. The molecule has 1 N–H and O–H groups in total. The van der Waals surface area contributed by atoms with Crippen LogP contribution in [0.2, 0.25) is 0 Å². The Morgan fingerprint density at radius 1 is 1.12 bits per heavy atom. The SMILES string of the molecule is O[C@@H]1CCC[C@@H]2CN(Cc3ccccc3)CC21. The van der Waals surface area contributed by atoms with Crippen LogP contribution in [0.3, 0.4) is 0 Å². The molecule has 1 unspecified atom stereocenters. The van der Waals surface area contributed by atoms with Crippen molar-refractivity contribution in [1.82, 2.24) is 4.90 Å². The van der Waals surface area contributed by atoms with Gasteiger partial charge in [0.2, 0.25) is 0 Å². The Hall–Kier alpha value is -0.860. The molecule has 1 saturated carbocycles. The third-order valence-corrected chi connectivity index (χ3v) is 4.39. The van der Waals surface area contributed by atoms with Gasteiger partial charge in [0.15, 0.2) is 0 Å². The lowest BCUT2D eigenvalue weighted by molar-refractivity contribution is 0.0547. The van der Waals surface area contributed by atoms with Gasteiger partial charge >= 0.3 is 0 Å². The molecule has 0 amide bonds. The first-order chi connectivity index (χ1) is 8.33. The van der Waals surface area contributed by atoms with Gasteiger partial charge in [0.25, 0.3) is 0 Å². The van der Waals surface area contributed by atoms with Crippen molar-refractivity contribution in [2.75, 3.05) is 13.1 Å². The molecule has 3 atom stereocenters. The zero-order valence-corrected chi connectivity index (χ0v) is 10.3. The third-order valence-electron chi connectivity index (χ3n) is 4.39. The van der Waals surface area contributed by atoms with Gasteiger partial charge in [-0.25, -0.2) is 0 Å². The Morgan fingerprint density at radius 2 is 1.94 bits per heavy atom. The summed E-state index contributed by atoms with van der Waals surface area (Å²) in [6, 6.07) is 10.7. The van der Waals surface area contributed by atoms with E-state index in [2.05, 4.69) is 35.2 Å². The Kier molecular flexibility index (Phi) is 3.17. The zero-order chi connectivity index (χ0) is 11.7. The summed E-state index contributed by atoms with van der Waals surface area (Å²) in [7, 11) is 0. The second-order valence-electron chi connectivity index (χ2n) is 5.60. The van der Waals surface area contributed by atoms with Gasteiger partial charge in [0.1, 0.15) is 0 Å². The van der Waals surface area contributed by atoms with Crippen LogP contribution >= 0.6 is 0 Å². The maximum Gasteiger partial charge on any atom is 0.0583 e. The molecule has 2 nitrogen and oxygen atoms in total. The summed E-state index contributed by atoms with van der Waals surface area (Å²) in [6.07, 6.45) is 3.49. The van der Waals surface area contributed by atoms with Crippen molar-refractivity contribution in [2.45, 2.75) is 31.9 Å². The van der Waals surface area contributed by atoms with Crippen molar-refractivity contribution < 1.29 is 5.11 Å². The number of hydrogen-bond acceptors (Lipinski definition) is 2. The summed E-state index contributed by atoms with van der Waals surface area (Å²) in [4.78, 5) is 2.51. The van der Waals surface area contributed by atoms with Gasteiger partial charge in [-0.05, 0) is 24.3 Å². The van der Waals surface area contributed by atoms with E-state index >= 15 is 0 Å². The van der Waals surface area contributed by atoms with E-state index < -0.39 is 0 Å². The van der Waals surface area contributed by atoms with Gasteiger partial charge in [-0.15, -0.1) is 0 Å². The van der Waals surface area contributed by atoms with Crippen molar-refractivity contribution in [3.8, 4) is 0 Å². The molecule has 2 aliphatic rings. The van der Waals surface area contributed by atoms with Crippen LogP contribution in [0.25, 0.3) is 0 Å². The van der Waals surface area contributed by atoms with Gasteiger partial charge in [-0.2, -0.15) is 0 Å². The van der Waals surface area contributed by atoms with Gasteiger partial charge in [0.05, 0.1) is 6.10 Å². The molecule has 17 heavy (non-hydrogen) atoms. The largest absolute Gasteiger partial charge is 0.393 e. The van der Waals surface area contributed by atoms with Crippen molar-refractivity contribution in [3.63, 3.8) is 0 Å². The van der Waals surface area contributed by atoms with Crippen LogP contribution in [0.5, 0.6) is 0 Å². The minimum Gasteiger partial charge on any atom is -0.393 e. The molecule has 0 radical (unpaired) electrons. The smallest absolute Gasteiger partial charge is 0.0583 e. The summed E-state index contributed by atoms with van der Waals surface area (Å²) in [5.74, 6) is 1.27. The molecule has 92 valence electrons. The zero-order valence-electron chi connectivity index (χ0n) is 10.3. The molecule has 1 aliphatic carbocycles. The number of hydrogen-bond donors (Lipinski definition) is 1. The van der Waals surface area contributed by atoms with Gasteiger partial charge < -0.3 is 5.11 Å². The molecule has 3 rings (SSSR count). The van der Waals surface area contributed by atoms with Gasteiger partial charge in [0, 0.05) is 25.6 Å². The molecule has 0 bridgehead atoms. The Bertz CT molecular complexity index is 364. The molecular formula is C15H21NO. The quantitative estimate of drug-likeness (QED) is 0.844. The van der Waals surface area contributed by atoms with E-state index in [-0.39, 0.29) is 6.10 Å². The van der Waals surface area contributed by atoms with Crippen LogP contribution in [-0.2, 0) is 6.54 Å². The lowest BCUT2D eigenvalue weighted by Gasteiger charge is -2.28. The molecule has 2 fully saturated rings. The second-order valence-corrected chi connectivity index (χ2v) is 5.60. The van der Waals surface area contributed by atoms with Crippen LogP contribution in [0.1, 0.15) is 24.8 Å². The highest BCUT2D eigenvalue weighted by atomic mass is 16.3. The average Bonchev–Trinajstić information content (AvgIpc) is 2.74. The first-order valence-electron chi connectivity index (χ1n) is 6.77. The third kappa shape index (κ3) is 2.38. The highest BCUT2D eigenvalue weighted by Crippen LogP contribution is 2.36. The lowest BCUT2D eigenvalue weighted by Crippen LogP contribution is -2.31. The predicted molar refractivity (Wildman–Crippen MR) is 68.6 cm³/mol. The second kappa shape index (κ2) is 4.79. The Balaban J connectivity index is 1.64. The molecule has 1 aromatic carbocycles. The number of nitrogens with zero attached hydrogens (tertiary/aromatic N) is 1. The molecule has 0 spiro atoms. The van der Waals surface area contributed by atoms with Crippen LogP contribution in [0.15, 0.2) is 30.3 Å². The van der Waals surface area contributed by atoms with E-state index in [1.54, 1.807) is 0 Å². The van der Waals surface area contributed by atoms with Crippen molar-refractivity contribution >= 4 is 0 Å². The lowest BCUT2D eigenvalue weighted by atomic mass is 9.80. The fourth-order valence-electron chi connectivity index (χ4n) is 3.50. The van der Waals surface area contributed by atoms with Crippen molar-refractivity contribution in [3.05, 3.63) is 35.9 Å². The summed E-state index contributed by atoms with van der Waals surface area (Å²) in [5, 5.41) is 10.0. The first-order valence-corrected chi connectivity index (χ1v) is 6.77. The van der Waals surface area contributed by atoms with E-state index in [0.29, 0.717) is 5.92 Å². The highest BCUT2D eigenvalue weighted by molar-refractivity contribution is 5.14. The Morgan fingerprint density at radius 3 is 2.71 bits per heavy atom. The predicted octanol–water partition coefficient (Wildman–Crippen LogP) is 2.28. The van der Waals surface area contributed by atoms with Gasteiger partial charge in [-0.1, -0.05) is 36.8 Å². The molecule has 1 saturated heterocycles. The van der Waals surface area contributed by atoms with Gasteiger partial charge in [-0.3, -0.25) is 4.90 Å². The minimum atomic E-state index is -0.0467. The highest BCUT2D eigenvalue weighted by Gasteiger charge is 2.39. The van der Waals surface area contributed by atoms with Crippen molar-refractivity contribution in [1.29, 1.82) is 0 Å². The number of aliphatic hydroxyl groups is 1. The maximum absolute atomic E-state index is 10.0. The monoisotopic (exact) mass is 231 g/mol. The van der Waals surface area contributed by atoms with E-state index in [0.717, 1.165) is 25.4 Å². The molecule has 1 heterocycles. The topological polar surface area (TPSA) is 23.5 Å². The standard InChI is InChI=1S/C15H21NO/c17-15-8-4-7-13-10-16(11-14(13)15)9-12-5-2-1-3-6-12/h1-3,5-6,13-15,17H,4,7-11H2/t13-,14?,15-/m1/s1. The van der Waals surface area contributed by atoms with E-state index in [1.807, 2.05) is 0 Å². The summed E-state index contributed by atoms with van der Waals surface area (Å²) in [5.41, 5.74) is 1.39. The van der Waals surface area contributed by atoms with Crippen LogP contribution < -0.4 is 0 Å². The van der Waals surface area contributed by atoms with Crippen LogP contribution in [0, 0.1) is 11.8 Å². The fourth-order valence-corrected chi connectivity index (χ4v) is 3.50. The molecule has 0 aromatic heterocycles. The minimum absolute atomic E-state index is 0.0467. The normalized spacial score (nSPS) is 33.6.